The molecule has 1 aromatic heterocycles. The highest BCUT2D eigenvalue weighted by molar-refractivity contribution is 5.83. The minimum absolute atomic E-state index is 0.165. The molecule has 0 saturated carbocycles. The molecule has 1 atom stereocenters. The summed E-state index contributed by atoms with van der Waals surface area (Å²) in [5, 5.41) is 0. The van der Waals surface area contributed by atoms with Crippen LogP contribution in [0.25, 0.3) is 22.4 Å². The Kier molecular flexibility index (Phi) is 8.76. The number of aromatic nitrogens is 1. The van der Waals surface area contributed by atoms with Gasteiger partial charge >= 0.3 is 5.97 Å². The number of rotatable bonds is 11. The van der Waals surface area contributed by atoms with Gasteiger partial charge in [-0.3, -0.25) is 4.98 Å². The molecule has 2 aromatic carbocycles. The van der Waals surface area contributed by atoms with Gasteiger partial charge in [-0.25, -0.2) is 9.18 Å². The highest BCUT2D eigenvalue weighted by atomic mass is 19.1. The molecule has 0 aliphatic carbocycles. The number of esters is 1. The van der Waals surface area contributed by atoms with Gasteiger partial charge in [-0.1, -0.05) is 75.6 Å². The first-order valence-corrected chi connectivity index (χ1v) is 12.0. The second-order valence-corrected chi connectivity index (χ2v) is 8.77. The number of hydrogen-bond donors (Lipinski definition) is 0. The van der Waals surface area contributed by atoms with Gasteiger partial charge in [0.1, 0.15) is 5.75 Å². The van der Waals surface area contributed by atoms with Crippen LogP contribution in [0.15, 0.2) is 66.9 Å². The van der Waals surface area contributed by atoms with Crippen molar-refractivity contribution in [3.8, 4) is 28.1 Å². The van der Waals surface area contributed by atoms with Gasteiger partial charge in [0.15, 0.2) is 0 Å². The highest BCUT2D eigenvalue weighted by Crippen LogP contribution is 2.32. The second kappa shape index (κ2) is 11.7. The summed E-state index contributed by atoms with van der Waals surface area (Å²) >= 11 is 0. The Labute approximate surface area is 197 Å². The number of carbonyl (C=O) groups excluding carboxylic acids is 1. The topological polar surface area (TPSA) is 39.2 Å². The molecule has 0 bridgehead atoms. The molecular formula is C29H34FNO2. The maximum atomic E-state index is 14.6. The number of aryl methyl sites for hydroxylation is 1. The summed E-state index contributed by atoms with van der Waals surface area (Å²) in [5.74, 6) is -0.497. The van der Waals surface area contributed by atoms with Crippen molar-refractivity contribution >= 4 is 5.97 Å². The molecule has 0 amide bonds. The first kappa shape index (κ1) is 24.6. The lowest BCUT2D eigenvalue weighted by Crippen LogP contribution is -2.34. The fourth-order valence-electron chi connectivity index (χ4n) is 3.80. The maximum Gasteiger partial charge on any atom is 0.348 e. The number of ether oxygens (including phenoxy) is 1. The van der Waals surface area contributed by atoms with E-state index in [1.54, 1.807) is 12.1 Å². The van der Waals surface area contributed by atoms with Crippen LogP contribution >= 0.6 is 0 Å². The zero-order valence-corrected chi connectivity index (χ0v) is 19.9. The Bertz CT molecular complexity index is 1030. The van der Waals surface area contributed by atoms with Crippen molar-refractivity contribution in [1.82, 2.24) is 4.98 Å². The van der Waals surface area contributed by atoms with E-state index >= 15 is 0 Å². The average Bonchev–Trinajstić information content (AvgIpc) is 2.84. The van der Waals surface area contributed by atoms with Crippen molar-refractivity contribution in [2.24, 2.45) is 0 Å². The fourth-order valence-corrected chi connectivity index (χ4v) is 3.80. The van der Waals surface area contributed by atoms with Crippen LogP contribution in [0.1, 0.15) is 64.9 Å². The lowest BCUT2D eigenvalue weighted by Gasteiger charge is -2.18. The number of nitrogens with zero attached hydrogens (tertiary/aromatic N) is 1. The second-order valence-electron chi connectivity index (χ2n) is 8.77. The van der Waals surface area contributed by atoms with Crippen molar-refractivity contribution in [3.63, 3.8) is 0 Å². The summed E-state index contributed by atoms with van der Waals surface area (Å²) in [6, 6.07) is 19.6. The Hall–Kier alpha value is -3.01. The molecule has 3 rings (SSSR count). The van der Waals surface area contributed by atoms with Gasteiger partial charge in [0.05, 0.1) is 5.69 Å². The van der Waals surface area contributed by atoms with Crippen LogP contribution in [0.3, 0.4) is 0 Å². The Balaban J connectivity index is 1.75. The predicted molar refractivity (Wildman–Crippen MR) is 133 cm³/mol. The smallest absolute Gasteiger partial charge is 0.348 e. The molecule has 33 heavy (non-hydrogen) atoms. The Morgan fingerprint density at radius 2 is 1.61 bits per heavy atom. The molecule has 3 aromatic rings. The largest absolute Gasteiger partial charge is 0.424 e. The molecule has 0 aliphatic rings. The van der Waals surface area contributed by atoms with E-state index in [1.165, 1.54) is 31.7 Å². The lowest BCUT2D eigenvalue weighted by atomic mass is 9.97. The highest BCUT2D eigenvalue weighted by Gasteiger charge is 2.34. The van der Waals surface area contributed by atoms with E-state index in [1.807, 2.05) is 37.4 Å². The van der Waals surface area contributed by atoms with Crippen molar-refractivity contribution in [2.45, 2.75) is 71.4 Å². The minimum Gasteiger partial charge on any atom is -0.424 e. The molecule has 0 fully saturated rings. The van der Waals surface area contributed by atoms with Gasteiger partial charge in [-0.05, 0) is 67.5 Å². The third-order valence-corrected chi connectivity index (χ3v) is 5.90. The number of pyridine rings is 1. The first-order chi connectivity index (χ1) is 15.9. The molecular weight excluding hydrogens is 413 g/mol. The average molecular weight is 448 g/mol. The number of hydrogen-bond acceptors (Lipinski definition) is 3. The third kappa shape index (κ3) is 6.74. The lowest BCUT2D eigenvalue weighted by molar-refractivity contribution is -0.147. The van der Waals surface area contributed by atoms with E-state index < -0.39 is 11.6 Å². The minimum atomic E-state index is -1.98. The SMILES string of the molecule is CCCCCc1ccc(-c2ccccc2-c2ccc(OC(=O)C(C)(F)CCCC)cc2)nc1. The number of halogens is 1. The Morgan fingerprint density at radius 1 is 0.909 bits per heavy atom. The molecule has 0 N–H and O–H groups in total. The van der Waals surface area contributed by atoms with Gasteiger partial charge < -0.3 is 4.74 Å². The molecule has 4 heteroatoms. The molecule has 1 unspecified atom stereocenters. The van der Waals surface area contributed by atoms with Crippen LogP contribution in [-0.4, -0.2) is 16.6 Å². The van der Waals surface area contributed by atoms with Crippen LogP contribution in [0.4, 0.5) is 4.39 Å². The van der Waals surface area contributed by atoms with E-state index in [2.05, 4.69) is 31.2 Å². The summed E-state index contributed by atoms with van der Waals surface area (Å²) in [6.07, 6.45) is 8.30. The van der Waals surface area contributed by atoms with Crippen molar-refractivity contribution < 1.29 is 13.9 Å². The zero-order chi connectivity index (χ0) is 23.7. The zero-order valence-electron chi connectivity index (χ0n) is 19.9. The van der Waals surface area contributed by atoms with Crippen LogP contribution in [0, 0.1) is 0 Å². The molecule has 1 heterocycles. The predicted octanol–water partition coefficient (Wildman–Crippen LogP) is 7.97. The number of carbonyl (C=O) groups is 1. The number of unbranched alkanes of at least 4 members (excludes halogenated alkanes) is 3. The number of benzene rings is 2. The van der Waals surface area contributed by atoms with Crippen molar-refractivity contribution in [2.75, 3.05) is 0 Å². The third-order valence-electron chi connectivity index (χ3n) is 5.90. The first-order valence-electron chi connectivity index (χ1n) is 12.0. The molecule has 0 aliphatic heterocycles. The van der Waals surface area contributed by atoms with Gasteiger partial charge in [0.2, 0.25) is 5.67 Å². The van der Waals surface area contributed by atoms with E-state index in [9.17, 15) is 9.18 Å². The van der Waals surface area contributed by atoms with Gasteiger partial charge in [-0.2, -0.15) is 0 Å². The summed E-state index contributed by atoms with van der Waals surface area (Å²) < 4.78 is 19.9. The van der Waals surface area contributed by atoms with E-state index in [0.717, 1.165) is 35.2 Å². The van der Waals surface area contributed by atoms with Gasteiger partial charge in [0.25, 0.3) is 0 Å². The fraction of sp³-hybridized carbons (Fsp3) is 0.379. The molecule has 0 radical (unpaired) electrons. The van der Waals surface area contributed by atoms with Crippen molar-refractivity contribution in [1.29, 1.82) is 0 Å². The summed E-state index contributed by atoms with van der Waals surface area (Å²) in [6.45, 7) is 5.47. The quantitative estimate of drug-likeness (QED) is 0.170. The monoisotopic (exact) mass is 447 g/mol. The standard InChI is InChI=1S/C29H34FNO2/c1-4-6-8-11-22-14-19-27(31-21-22)26-13-10-9-12-25(26)23-15-17-24(18-16-23)33-28(32)29(3,30)20-7-5-2/h9-10,12-19,21H,4-8,11,20H2,1-3H3. The van der Waals surface area contributed by atoms with Gasteiger partial charge in [-0.15, -0.1) is 0 Å². The van der Waals surface area contributed by atoms with Gasteiger partial charge in [0, 0.05) is 11.8 Å². The normalized spacial score (nSPS) is 12.8. The van der Waals surface area contributed by atoms with Crippen LogP contribution in [0.5, 0.6) is 5.75 Å². The molecule has 174 valence electrons. The molecule has 3 nitrogen and oxygen atoms in total. The van der Waals surface area contributed by atoms with E-state index in [4.69, 9.17) is 9.72 Å². The Morgan fingerprint density at radius 3 is 2.24 bits per heavy atom. The van der Waals surface area contributed by atoms with E-state index in [-0.39, 0.29) is 6.42 Å². The van der Waals surface area contributed by atoms with Crippen LogP contribution in [-0.2, 0) is 11.2 Å². The summed E-state index contributed by atoms with van der Waals surface area (Å²) in [7, 11) is 0. The van der Waals surface area contributed by atoms with E-state index in [0.29, 0.717) is 12.2 Å². The van der Waals surface area contributed by atoms with Crippen molar-refractivity contribution in [3.05, 3.63) is 72.4 Å². The summed E-state index contributed by atoms with van der Waals surface area (Å²) in [4.78, 5) is 17.0. The maximum absolute atomic E-state index is 14.6. The van der Waals surface area contributed by atoms with Crippen LogP contribution in [0.2, 0.25) is 0 Å². The molecule has 0 saturated heterocycles. The molecule has 0 spiro atoms. The number of alkyl halides is 1. The van der Waals surface area contributed by atoms with Crippen LogP contribution < -0.4 is 4.74 Å². The summed E-state index contributed by atoms with van der Waals surface area (Å²) in [5.41, 5.74) is 3.26.